The molecule has 3 nitrogen and oxygen atoms in total. The summed E-state index contributed by atoms with van der Waals surface area (Å²) in [5, 5.41) is 14.9. The molecule has 3 heteroatoms. The van der Waals surface area contributed by atoms with E-state index >= 15 is 0 Å². The van der Waals surface area contributed by atoms with Crippen molar-refractivity contribution in [3.63, 3.8) is 0 Å². The van der Waals surface area contributed by atoms with Gasteiger partial charge < -0.3 is 5.11 Å². The van der Waals surface area contributed by atoms with Crippen LogP contribution in [0.25, 0.3) is 0 Å². The molecule has 0 spiro atoms. The first kappa shape index (κ1) is 12.4. The van der Waals surface area contributed by atoms with Gasteiger partial charge in [0, 0.05) is 18.3 Å². The Morgan fingerprint density at radius 1 is 1.26 bits per heavy atom. The minimum Gasteiger partial charge on any atom is -0.384 e. The molecular formula is C16H20N2O. The van der Waals surface area contributed by atoms with Crippen LogP contribution in [-0.4, -0.2) is 14.9 Å². The van der Waals surface area contributed by atoms with Crippen LogP contribution < -0.4 is 0 Å². The second-order valence-electron chi connectivity index (χ2n) is 5.47. The third-order valence-corrected chi connectivity index (χ3v) is 4.40. The van der Waals surface area contributed by atoms with Crippen LogP contribution in [0.15, 0.2) is 30.5 Å². The maximum Gasteiger partial charge on any atom is 0.108 e. The number of benzene rings is 1. The SMILES string of the molecule is Cc1c(C(O)c2ccccc2C2CCC2)cnn1C. The minimum absolute atomic E-state index is 0.564. The average molecular weight is 256 g/mol. The quantitative estimate of drug-likeness (QED) is 0.916. The molecule has 0 radical (unpaired) electrons. The number of aromatic nitrogens is 2. The summed E-state index contributed by atoms with van der Waals surface area (Å²) in [6, 6.07) is 8.28. The van der Waals surface area contributed by atoms with Gasteiger partial charge in [0.15, 0.2) is 0 Å². The lowest BCUT2D eigenvalue weighted by atomic mass is 9.77. The number of nitrogens with zero attached hydrogens (tertiary/aromatic N) is 2. The third kappa shape index (κ3) is 2.08. The monoisotopic (exact) mass is 256 g/mol. The summed E-state index contributed by atoms with van der Waals surface area (Å²) in [5.74, 6) is 0.628. The van der Waals surface area contributed by atoms with E-state index in [0.29, 0.717) is 5.92 Å². The van der Waals surface area contributed by atoms with Crippen molar-refractivity contribution in [2.75, 3.05) is 0 Å². The van der Waals surface area contributed by atoms with E-state index in [0.717, 1.165) is 16.8 Å². The molecule has 1 aromatic carbocycles. The summed E-state index contributed by atoms with van der Waals surface area (Å²) in [5.41, 5.74) is 4.29. The first-order chi connectivity index (χ1) is 9.18. The van der Waals surface area contributed by atoms with Gasteiger partial charge in [0.2, 0.25) is 0 Å². The van der Waals surface area contributed by atoms with Crippen molar-refractivity contribution in [2.45, 2.75) is 38.2 Å². The molecule has 100 valence electrons. The van der Waals surface area contributed by atoms with Crippen molar-refractivity contribution >= 4 is 0 Å². The number of rotatable bonds is 3. The molecule has 0 bridgehead atoms. The highest BCUT2D eigenvalue weighted by atomic mass is 16.3. The first-order valence-electron chi connectivity index (χ1n) is 6.94. The molecule has 1 heterocycles. The molecule has 1 unspecified atom stereocenters. The summed E-state index contributed by atoms with van der Waals surface area (Å²) in [6.07, 6.45) is 5.01. The van der Waals surface area contributed by atoms with Crippen molar-refractivity contribution < 1.29 is 5.11 Å². The zero-order valence-electron chi connectivity index (χ0n) is 11.5. The Balaban J connectivity index is 1.99. The first-order valence-corrected chi connectivity index (χ1v) is 6.94. The Hall–Kier alpha value is -1.61. The highest BCUT2D eigenvalue weighted by Crippen LogP contribution is 2.40. The molecule has 1 saturated carbocycles. The molecule has 1 fully saturated rings. The molecule has 0 amide bonds. The molecular weight excluding hydrogens is 236 g/mol. The van der Waals surface area contributed by atoms with Gasteiger partial charge in [-0.2, -0.15) is 5.10 Å². The van der Waals surface area contributed by atoms with E-state index in [1.54, 1.807) is 6.20 Å². The highest BCUT2D eigenvalue weighted by Gasteiger charge is 2.26. The van der Waals surface area contributed by atoms with Crippen molar-refractivity contribution in [1.82, 2.24) is 9.78 Å². The van der Waals surface area contributed by atoms with Crippen LogP contribution in [0.3, 0.4) is 0 Å². The van der Waals surface area contributed by atoms with Gasteiger partial charge >= 0.3 is 0 Å². The fourth-order valence-electron chi connectivity index (χ4n) is 2.80. The van der Waals surface area contributed by atoms with Gasteiger partial charge in [-0.1, -0.05) is 30.7 Å². The van der Waals surface area contributed by atoms with Crippen LogP contribution in [0, 0.1) is 6.92 Å². The Morgan fingerprint density at radius 3 is 2.58 bits per heavy atom. The van der Waals surface area contributed by atoms with E-state index in [1.165, 1.54) is 24.8 Å². The molecule has 1 atom stereocenters. The largest absolute Gasteiger partial charge is 0.384 e. The number of hydrogen-bond acceptors (Lipinski definition) is 2. The predicted octanol–water partition coefficient (Wildman–Crippen LogP) is 3.08. The highest BCUT2D eigenvalue weighted by molar-refractivity contribution is 5.39. The molecule has 1 aromatic heterocycles. The van der Waals surface area contributed by atoms with Gasteiger partial charge in [-0.05, 0) is 36.8 Å². The fraction of sp³-hybridized carbons (Fsp3) is 0.438. The van der Waals surface area contributed by atoms with Gasteiger partial charge in [-0.15, -0.1) is 0 Å². The maximum absolute atomic E-state index is 10.7. The lowest BCUT2D eigenvalue weighted by molar-refractivity contribution is 0.216. The van der Waals surface area contributed by atoms with Crippen LogP contribution in [0.4, 0.5) is 0 Å². The summed E-state index contributed by atoms with van der Waals surface area (Å²) in [4.78, 5) is 0. The van der Waals surface area contributed by atoms with Crippen molar-refractivity contribution in [3.8, 4) is 0 Å². The fourth-order valence-corrected chi connectivity index (χ4v) is 2.80. The predicted molar refractivity (Wildman–Crippen MR) is 75.0 cm³/mol. The van der Waals surface area contributed by atoms with E-state index < -0.39 is 6.10 Å². The van der Waals surface area contributed by atoms with Crippen LogP contribution in [-0.2, 0) is 7.05 Å². The lowest BCUT2D eigenvalue weighted by Gasteiger charge is -2.29. The standard InChI is InChI=1S/C16H20N2O/c1-11-15(10-17-18(11)2)16(19)14-9-4-3-8-13(14)12-6-5-7-12/h3-4,8-10,12,16,19H,5-7H2,1-2H3. The molecule has 1 aliphatic carbocycles. The number of aliphatic hydroxyl groups excluding tert-OH is 1. The van der Waals surface area contributed by atoms with Crippen LogP contribution in [0.5, 0.6) is 0 Å². The summed E-state index contributed by atoms with van der Waals surface area (Å²) < 4.78 is 1.81. The van der Waals surface area contributed by atoms with E-state index in [1.807, 2.05) is 30.8 Å². The van der Waals surface area contributed by atoms with Crippen LogP contribution in [0.2, 0.25) is 0 Å². The second kappa shape index (κ2) is 4.82. The number of aliphatic hydroxyl groups is 1. The normalized spacial score (nSPS) is 17.2. The molecule has 0 saturated heterocycles. The number of aryl methyl sites for hydroxylation is 1. The van der Waals surface area contributed by atoms with Crippen molar-refractivity contribution in [1.29, 1.82) is 0 Å². The molecule has 3 rings (SSSR count). The van der Waals surface area contributed by atoms with Crippen LogP contribution >= 0.6 is 0 Å². The van der Waals surface area contributed by atoms with Gasteiger partial charge in [-0.3, -0.25) is 4.68 Å². The molecule has 19 heavy (non-hydrogen) atoms. The average Bonchev–Trinajstić information content (AvgIpc) is 2.68. The number of hydrogen-bond donors (Lipinski definition) is 1. The van der Waals surface area contributed by atoms with E-state index in [-0.39, 0.29) is 0 Å². The zero-order chi connectivity index (χ0) is 13.4. The Morgan fingerprint density at radius 2 is 2.00 bits per heavy atom. The second-order valence-corrected chi connectivity index (χ2v) is 5.47. The van der Waals surface area contributed by atoms with Gasteiger partial charge in [0.25, 0.3) is 0 Å². The Bertz CT molecular complexity index is 584. The molecule has 1 N–H and O–H groups in total. The van der Waals surface area contributed by atoms with E-state index in [9.17, 15) is 5.11 Å². The van der Waals surface area contributed by atoms with Crippen LogP contribution in [0.1, 0.15) is 53.7 Å². The Kier molecular flexibility index (Phi) is 3.15. The van der Waals surface area contributed by atoms with E-state index in [4.69, 9.17) is 0 Å². The maximum atomic E-state index is 10.7. The molecule has 0 aliphatic heterocycles. The Labute approximate surface area is 113 Å². The third-order valence-electron chi connectivity index (χ3n) is 4.40. The lowest BCUT2D eigenvalue weighted by Crippen LogP contribution is -2.13. The van der Waals surface area contributed by atoms with Crippen molar-refractivity contribution in [2.24, 2.45) is 7.05 Å². The van der Waals surface area contributed by atoms with E-state index in [2.05, 4.69) is 17.2 Å². The smallest absolute Gasteiger partial charge is 0.108 e. The topological polar surface area (TPSA) is 38.1 Å². The molecule has 1 aliphatic rings. The summed E-state index contributed by atoms with van der Waals surface area (Å²) in [7, 11) is 1.91. The summed E-state index contributed by atoms with van der Waals surface area (Å²) >= 11 is 0. The van der Waals surface area contributed by atoms with Crippen molar-refractivity contribution in [3.05, 3.63) is 52.8 Å². The van der Waals surface area contributed by atoms with Gasteiger partial charge in [-0.25, -0.2) is 0 Å². The van der Waals surface area contributed by atoms with Gasteiger partial charge in [0.05, 0.1) is 6.20 Å². The zero-order valence-corrected chi connectivity index (χ0v) is 11.5. The van der Waals surface area contributed by atoms with Gasteiger partial charge in [0.1, 0.15) is 6.10 Å². The summed E-state index contributed by atoms with van der Waals surface area (Å²) in [6.45, 7) is 2.00. The molecule has 2 aromatic rings. The minimum atomic E-state index is -0.564.